The van der Waals surface area contributed by atoms with Gasteiger partial charge in [-0.25, -0.2) is 0 Å². The van der Waals surface area contributed by atoms with E-state index in [4.69, 9.17) is 4.74 Å². The minimum Gasteiger partial charge on any atom is -0.492 e. The van der Waals surface area contributed by atoms with Crippen LogP contribution < -0.4 is 10.1 Å². The second-order valence-electron chi connectivity index (χ2n) is 4.07. The Labute approximate surface area is 116 Å². The molecule has 0 aliphatic heterocycles. The summed E-state index contributed by atoms with van der Waals surface area (Å²) in [6, 6.07) is 16.1. The zero-order valence-electron chi connectivity index (χ0n) is 10.3. The maximum atomic E-state index is 5.62. The highest BCUT2D eigenvalue weighted by molar-refractivity contribution is 9.10. The third-order valence-electron chi connectivity index (χ3n) is 2.55. The fourth-order valence-electron chi connectivity index (χ4n) is 1.65. The van der Waals surface area contributed by atoms with Crippen LogP contribution in [-0.4, -0.2) is 13.2 Å². The molecular formula is C15H16BrNO. The van der Waals surface area contributed by atoms with Gasteiger partial charge in [0.2, 0.25) is 0 Å². The molecule has 2 rings (SSSR count). The molecule has 3 heteroatoms. The largest absolute Gasteiger partial charge is 0.492 e. The first-order chi connectivity index (χ1) is 8.75. The van der Waals surface area contributed by atoms with E-state index in [0.717, 1.165) is 22.5 Å². The summed E-state index contributed by atoms with van der Waals surface area (Å²) >= 11 is 3.52. The Morgan fingerprint density at radius 1 is 1.11 bits per heavy atom. The van der Waals surface area contributed by atoms with Gasteiger partial charge in [-0.2, -0.15) is 0 Å². The van der Waals surface area contributed by atoms with E-state index in [9.17, 15) is 0 Å². The molecule has 0 atom stereocenters. The third kappa shape index (κ3) is 3.77. The van der Waals surface area contributed by atoms with Gasteiger partial charge in [-0.3, -0.25) is 0 Å². The Hall–Kier alpha value is -1.48. The minimum atomic E-state index is 0.643. The number of ether oxygens (including phenoxy) is 1. The van der Waals surface area contributed by atoms with Crippen LogP contribution in [0, 0.1) is 6.92 Å². The fraction of sp³-hybridized carbons (Fsp3) is 0.200. The number of hydrogen-bond donors (Lipinski definition) is 1. The average molecular weight is 306 g/mol. The van der Waals surface area contributed by atoms with Crippen molar-refractivity contribution in [2.24, 2.45) is 0 Å². The summed E-state index contributed by atoms with van der Waals surface area (Å²) in [5.41, 5.74) is 2.34. The first-order valence-electron chi connectivity index (χ1n) is 5.93. The summed E-state index contributed by atoms with van der Waals surface area (Å²) in [7, 11) is 0. The second kappa shape index (κ2) is 6.45. The van der Waals surface area contributed by atoms with Gasteiger partial charge in [0.25, 0.3) is 0 Å². The van der Waals surface area contributed by atoms with Crippen molar-refractivity contribution in [1.29, 1.82) is 0 Å². The monoisotopic (exact) mass is 305 g/mol. The van der Waals surface area contributed by atoms with Gasteiger partial charge in [-0.15, -0.1) is 0 Å². The highest BCUT2D eigenvalue weighted by Gasteiger charge is 1.99. The molecule has 0 saturated heterocycles. The first kappa shape index (κ1) is 13.0. The molecule has 0 fully saturated rings. The van der Waals surface area contributed by atoms with Crippen molar-refractivity contribution in [3.8, 4) is 5.75 Å². The summed E-state index contributed by atoms with van der Waals surface area (Å²) < 4.78 is 6.70. The zero-order valence-corrected chi connectivity index (χ0v) is 11.9. The molecule has 1 N–H and O–H groups in total. The molecule has 0 spiro atoms. The van der Waals surface area contributed by atoms with E-state index in [1.165, 1.54) is 5.56 Å². The Morgan fingerprint density at radius 3 is 2.67 bits per heavy atom. The summed E-state index contributed by atoms with van der Waals surface area (Å²) in [6.45, 7) is 3.50. The lowest BCUT2D eigenvalue weighted by Crippen LogP contribution is -2.11. The summed E-state index contributed by atoms with van der Waals surface area (Å²) in [4.78, 5) is 0. The lowest BCUT2D eigenvalue weighted by Gasteiger charge is -2.10. The van der Waals surface area contributed by atoms with E-state index in [-0.39, 0.29) is 0 Å². The molecule has 94 valence electrons. The van der Waals surface area contributed by atoms with Gasteiger partial charge in [-0.05, 0) is 52.7 Å². The number of aryl methyl sites for hydroxylation is 1. The van der Waals surface area contributed by atoms with E-state index in [0.29, 0.717) is 6.61 Å². The van der Waals surface area contributed by atoms with E-state index >= 15 is 0 Å². The Bertz CT molecular complexity index is 499. The zero-order chi connectivity index (χ0) is 12.8. The van der Waals surface area contributed by atoms with Crippen LogP contribution >= 0.6 is 15.9 Å². The van der Waals surface area contributed by atoms with Crippen molar-refractivity contribution >= 4 is 21.6 Å². The predicted molar refractivity (Wildman–Crippen MR) is 79.3 cm³/mol. The topological polar surface area (TPSA) is 21.3 Å². The number of halogens is 1. The van der Waals surface area contributed by atoms with Crippen molar-refractivity contribution in [3.05, 3.63) is 58.6 Å². The molecule has 2 aromatic carbocycles. The molecule has 0 bridgehead atoms. The standard InChI is InChI=1S/C15H16BrNO/c1-12-7-8-14(16)15(11-12)17-9-10-18-13-5-3-2-4-6-13/h2-8,11,17H,9-10H2,1H3. The van der Waals surface area contributed by atoms with Crippen LogP contribution in [0.15, 0.2) is 53.0 Å². The van der Waals surface area contributed by atoms with Gasteiger partial charge in [0, 0.05) is 16.7 Å². The lowest BCUT2D eigenvalue weighted by molar-refractivity contribution is 0.333. The van der Waals surface area contributed by atoms with Crippen LogP contribution in [0.5, 0.6) is 5.75 Å². The van der Waals surface area contributed by atoms with E-state index in [1.54, 1.807) is 0 Å². The number of anilines is 1. The lowest BCUT2D eigenvalue weighted by atomic mass is 10.2. The van der Waals surface area contributed by atoms with Gasteiger partial charge < -0.3 is 10.1 Å². The van der Waals surface area contributed by atoms with Gasteiger partial charge in [0.05, 0.1) is 0 Å². The molecular weight excluding hydrogens is 290 g/mol. The van der Waals surface area contributed by atoms with Gasteiger partial charge >= 0.3 is 0 Å². The molecule has 0 saturated carbocycles. The minimum absolute atomic E-state index is 0.643. The summed E-state index contributed by atoms with van der Waals surface area (Å²) in [6.07, 6.45) is 0. The predicted octanol–water partition coefficient (Wildman–Crippen LogP) is 4.25. The molecule has 2 aromatic rings. The molecule has 0 radical (unpaired) electrons. The van der Waals surface area contributed by atoms with Crippen molar-refractivity contribution < 1.29 is 4.74 Å². The number of hydrogen-bond acceptors (Lipinski definition) is 2. The molecule has 0 aliphatic rings. The van der Waals surface area contributed by atoms with Crippen LogP contribution in [0.25, 0.3) is 0 Å². The molecule has 0 aromatic heterocycles. The quantitative estimate of drug-likeness (QED) is 0.834. The van der Waals surface area contributed by atoms with Gasteiger partial charge in [-0.1, -0.05) is 24.3 Å². The Morgan fingerprint density at radius 2 is 1.89 bits per heavy atom. The molecule has 0 heterocycles. The van der Waals surface area contributed by atoms with Crippen LogP contribution in [0.4, 0.5) is 5.69 Å². The van der Waals surface area contributed by atoms with Crippen LogP contribution in [0.1, 0.15) is 5.56 Å². The van der Waals surface area contributed by atoms with Crippen LogP contribution in [0.3, 0.4) is 0 Å². The Balaban J connectivity index is 1.80. The highest BCUT2D eigenvalue weighted by atomic mass is 79.9. The summed E-state index contributed by atoms with van der Waals surface area (Å²) in [5, 5.41) is 3.35. The number of para-hydroxylation sites is 1. The number of rotatable bonds is 5. The van der Waals surface area contributed by atoms with E-state index in [2.05, 4.69) is 46.4 Å². The van der Waals surface area contributed by atoms with E-state index < -0.39 is 0 Å². The van der Waals surface area contributed by atoms with E-state index in [1.807, 2.05) is 30.3 Å². The molecule has 0 amide bonds. The highest BCUT2D eigenvalue weighted by Crippen LogP contribution is 2.23. The molecule has 0 unspecified atom stereocenters. The smallest absolute Gasteiger partial charge is 0.119 e. The number of nitrogens with one attached hydrogen (secondary N) is 1. The number of benzene rings is 2. The molecule has 0 aliphatic carbocycles. The maximum Gasteiger partial charge on any atom is 0.119 e. The SMILES string of the molecule is Cc1ccc(Br)c(NCCOc2ccccc2)c1. The summed E-state index contributed by atoms with van der Waals surface area (Å²) in [5.74, 6) is 0.905. The fourth-order valence-corrected chi connectivity index (χ4v) is 2.03. The maximum absolute atomic E-state index is 5.62. The average Bonchev–Trinajstić information content (AvgIpc) is 2.40. The van der Waals surface area contributed by atoms with Crippen LogP contribution in [0.2, 0.25) is 0 Å². The molecule has 2 nitrogen and oxygen atoms in total. The normalized spacial score (nSPS) is 10.1. The molecule has 18 heavy (non-hydrogen) atoms. The van der Waals surface area contributed by atoms with Crippen molar-refractivity contribution in [3.63, 3.8) is 0 Å². The van der Waals surface area contributed by atoms with Gasteiger partial charge in [0.1, 0.15) is 12.4 Å². The van der Waals surface area contributed by atoms with Crippen LogP contribution in [-0.2, 0) is 0 Å². The first-order valence-corrected chi connectivity index (χ1v) is 6.73. The third-order valence-corrected chi connectivity index (χ3v) is 3.24. The van der Waals surface area contributed by atoms with Gasteiger partial charge in [0.15, 0.2) is 0 Å². The van der Waals surface area contributed by atoms with Crippen molar-refractivity contribution in [1.82, 2.24) is 0 Å². The van der Waals surface area contributed by atoms with Crippen molar-refractivity contribution in [2.75, 3.05) is 18.5 Å². The second-order valence-corrected chi connectivity index (χ2v) is 4.93. The Kier molecular flexibility index (Phi) is 4.65. The van der Waals surface area contributed by atoms with Crippen molar-refractivity contribution in [2.45, 2.75) is 6.92 Å².